The second-order valence-electron chi connectivity index (χ2n) is 4.79. The fourth-order valence-electron chi connectivity index (χ4n) is 2.55. The van der Waals surface area contributed by atoms with E-state index in [1.165, 1.54) is 18.5 Å². The van der Waals surface area contributed by atoms with Gasteiger partial charge in [-0.05, 0) is 6.04 Å². The SMILES string of the molecule is C=CC[Si](CCC)(C(C)C)C(C)C. The van der Waals surface area contributed by atoms with E-state index in [-0.39, 0.29) is 0 Å². The summed E-state index contributed by atoms with van der Waals surface area (Å²) in [7, 11) is -1.07. The smallest absolute Gasteiger partial charge is 0.0624 e. The Balaban J connectivity index is 4.68. The molecule has 0 amide bonds. The summed E-state index contributed by atoms with van der Waals surface area (Å²) in [5.74, 6) is 0. The Kier molecular flexibility index (Phi) is 5.62. The summed E-state index contributed by atoms with van der Waals surface area (Å²) in [5, 5.41) is 0. The maximum Gasteiger partial charge on any atom is 0.0624 e. The fraction of sp³-hybridized carbons (Fsp3) is 0.833. The van der Waals surface area contributed by atoms with E-state index in [1.54, 1.807) is 0 Å². The predicted octanol–water partition coefficient (Wildman–Crippen LogP) is 4.85. The molecule has 0 radical (unpaired) electrons. The summed E-state index contributed by atoms with van der Waals surface area (Å²) in [6.45, 7) is 15.9. The Labute approximate surface area is 85.4 Å². The van der Waals surface area contributed by atoms with Crippen molar-refractivity contribution >= 4 is 8.07 Å². The van der Waals surface area contributed by atoms with Crippen LogP contribution in [0, 0.1) is 0 Å². The van der Waals surface area contributed by atoms with Gasteiger partial charge in [-0.25, -0.2) is 0 Å². The van der Waals surface area contributed by atoms with Gasteiger partial charge in [0.05, 0.1) is 8.07 Å². The topological polar surface area (TPSA) is 0 Å². The van der Waals surface area contributed by atoms with Gasteiger partial charge in [0.1, 0.15) is 0 Å². The van der Waals surface area contributed by atoms with Crippen molar-refractivity contribution in [3.63, 3.8) is 0 Å². The summed E-state index contributed by atoms with van der Waals surface area (Å²) in [6.07, 6.45) is 3.50. The average molecular weight is 198 g/mol. The first-order valence-electron chi connectivity index (χ1n) is 5.62. The van der Waals surface area contributed by atoms with Gasteiger partial charge >= 0.3 is 0 Å². The molecule has 0 spiro atoms. The van der Waals surface area contributed by atoms with Gasteiger partial charge in [0.15, 0.2) is 0 Å². The standard InChI is InChI=1S/C12H26Si/c1-7-9-13(10-8-2,11(3)4)12(5)6/h7,11-12H,1,8-10H2,2-6H3. The normalized spacial score (nSPS) is 12.5. The molecule has 0 nitrogen and oxygen atoms in total. The lowest BCUT2D eigenvalue weighted by atomic mass is 10.5. The monoisotopic (exact) mass is 198 g/mol. The van der Waals surface area contributed by atoms with Gasteiger partial charge in [-0.3, -0.25) is 0 Å². The van der Waals surface area contributed by atoms with E-state index >= 15 is 0 Å². The van der Waals surface area contributed by atoms with Crippen molar-refractivity contribution in [1.29, 1.82) is 0 Å². The van der Waals surface area contributed by atoms with Crippen molar-refractivity contribution in [2.75, 3.05) is 0 Å². The molecule has 0 N–H and O–H groups in total. The van der Waals surface area contributed by atoms with Gasteiger partial charge in [0, 0.05) is 0 Å². The van der Waals surface area contributed by atoms with E-state index in [0.29, 0.717) is 0 Å². The molecule has 0 aliphatic rings. The zero-order valence-electron chi connectivity index (χ0n) is 10.1. The van der Waals surface area contributed by atoms with Crippen LogP contribution >= 0.6 is 0 Å². The molecule has 13 heavy (non-hydrogen) atoms. The van der Waals surface area contributed by atoms with E-state index in [9.17, 15) is 0 Å². The van der Waals surface area contributed by atoms with Crippen molar-refractivity contribution < 1.29 is 0 Å². The summed E-state index contributed by atoms with van der Waals surface area (Å²) in [4.78, 5) is 0. The second kappa shape index (κ2) is 5.64. The Bertz CT molecular complexity index is 139. The minimum atomic E-state index is -1.07. The highest BCUT2D eigenvalue weighted by Crippen LogP contribution is 2.40. The molecule has 0 unspecified atom stereocenters. The molecule has 0 bridgehead atoms. The third-order valence-electron chi connectivity index (χ3n) is 3.54. The Morgan fingerprint density at radius 3 is 1.85 bits per heavy atom. The van der Waals surface area contributed by atoms with Crippen LogP contribution < -0.4 is 0 Å². The van der Waals surface area contributed by atoms with Gasteiger partial charge in [-0.15, -0.1) is 6.58 Å². The van der Waals surface area contributed by atoms with Gasteiger partial charge in [-0.1, -0.05) is 64.2 Å². The minimum Gasteiger partial charge on any atom is -0.103 e. The van der Waals surface area contributed by atoms with E-state index in [0.717, 1.165) is 11.1 Å². The Morgan fingerprint density at radius 2 is 1.62 bits per heavy atom. The Morgan fingerprint density at radius 1 is 1.15 bits per heavy atom. The molecule has 0 aromatic rings. The minimum absolute atomic E-state index is 0.894. The van der Waals surface area contributed by atoms with E-state index in [2.05, 4.69) is 47.3 Å². The number of rotatable bonds is 6. The number of hydrogen-bond acceptors (Lipinski definition) is 0. The number of hydrogen-bond donors (Lipinski definition) is 0. The zero-order valence-corrected chi connectivity index (χ0v) is 11.1. The first-order valence-corrected chi connectivity index (χ1v) is 8.19. The van der Waals surface area contributed by atoms with Crippen molar-refractivity contribution in [2.45, 2.75) is 64.2 Å². The molecule has 78 valence electrons. The van der Waals surface area contributed by atoms with Crippen LogP contribution in [-0.2, 0) is 0 Å². The average Bonchev–Trinajstić information content (AvgIpc) is 2.03. The predicted molar refractivity (Wildman–Crippen MR) is 66.1 cm³/mol. The van der Waals surface area contributed by atoms with Crippen molar-refractivity contribution in [3.8, 4) is 0 Å². The van der Waals surface area contributed by atoms with E-state index in [1.807, 2.05) is 0 Å². The fourth-order valence-corrected chi connectivity index (χ4v) is 7.65. The van der Waals surface area contributed by atoms with Crippen LogP contribution in [0.3, 0.4) is 0 Å². The molecule has 0 aromatic carbocycles. The lowest BCUT2D eigenvalue weighted by Crippen LogP contribution is -2.40. The van der Waals surface area contributed by atoms with Crippen molar-refractivity contribution in [1.82, 2.24) is 0 Å². The molecule has 0 saturated heterocycles. The van der Waals surface area contributed by atoms with Crippen LogP contribution in [-0.4, -0.2) is 8.07 Å². The molecular weight excluding hydrogens is 172 g/mol. The van der Waals surface area contributed by atoms with Crippen LogP contribution in [0.1, 0.15) is 41.0 Å². The van der Waals surface area contributed by atoms with Gasteiger partial charge < -0.3 is 0 Å². The molecular formula is C12H26Si. The van der Waals surface area contributed by atoms with Crippen LogP contribution in [0.5, 0.6) is 0 Å². The quantitative estimate of drug-likeness (QED) is 0.423. The van der Waals surface area contributed by atoms with Gasteiger partial charge in [0.25, 0.3) is 0 Å². The van der Waals surface area contributed by atoms with E-state index in [4.69, 9.17) is 0 Å². The van der Waals surface area contributed by atoms with Gasteiger partial charge in [-0.2, -0.15) is 0 Å². The first-order chi connectivity index (χ1) is 6.01. The van der Waals surface area contributed by atoms with Crippen LogP contribution in [0.15, 0.2) is 12.7 Å². The third-order valence-corrected chi connectivity index (χ3v) is 10.6. The lowest BCUT2D eigenvalue weighted by molar-refractivity contribution is 0.845. The van der Waals surface area contributed by atoms with Crippen LogP contribution in [0.4, 0.5) is 0 Å². The summed E-state index contributed by atoms with van der Waals surface area (Å²) in [5.41, 5.74) is 1.79. The summed E-state index contributed by atoms with van der Waals surface area (Å²) in [6, 6.07) is 2.77. The first kappa shape index (κ1) is 13.0. The molecule has 0 heterocycles. The molecule has 0 atom stereocenters. The molecule has 0 rings (SSSR count). The highest BCUT2D eigenvalue weighted by Gasteiger charge is 2.36. The van der Waals surface area contributed by atoms with Crippen molar-refractivity contribution in [3.05, 3.63) is 12.7 Å². The highest BCUT2D eigenvalue weighted by molar-refractivity contribution is 6.82. The van der Waals surface area contributed by atoms with Crippen LogP contribution in [0.25, 0.3) is 0 Å². The summed E-state index contributed by atoms with van der Waals surface area (Å²) < 4.78 is 0. The largest absolute Gasteiger partial charge is 0.103 e. The molecule has 1 heteroatoms. The molecule has 0 saturated carbocycles. The van der Waals surface area contributed by atoms with Crippen molar-refractivity contribution in [2.24, 2.45) is 0 Å². The number of allylic oxidation sites excluding steroid dienone is 1. The maximum atomic E-state index is 3.93. The third kappa shape index (κ3) is 2.98. The molecule has 0 aliphatic heterocycles. The molecule has 0 aromatic heterocycles. The van der Waals surface area contributed by atoms with Crippen LogP contribution in [0.2, 0.25) is 23.2 Å². The molecule has 0 aliphatic carbocycles. The van der Waals surface area contributed by atoms with Gasteiger partial charge in [0.2, 0.25) is 0 Å². The van der Waals surface area contributed by atoms with E-state index < -0.39 is 8.07 Å². The second-order valence-corrected chi connectivity index (χ2v) is 10.5. The highest BCUT2D eigenvalue weighted by atomic mass is 28.3. The Hall–Kier alpha value is -0.0431. The lowest BCUT2D eigenvalue weighted by Gasteiger charge is -2.38. The summed E-state index contributed by atoms with van der Waals surface area (Å²) >= 11 is 0. The maximum absolute atomic E-state index is 3.93. The molecule has 0 fully saturated rings. The zero-order chi connectivity index (χ0) is 10.5.